The van der Waals surface area contributed by atoms with E-state index in [9.17, 15) is 26.0 Å². The summed E-state index contributed by atoms with van der Waals surface area (Å²) >= 11 is 0.943. The van der Waals surface area contributed by atoms with Crippen molar-refractivity contribution in [3.8, 4) is 5.75 Å². The first kappa shape index (κ1) is 27.0. The summed E-state index contributed by atoms with van der Waals surface area (Å²) in [6.45, 7) is 0.0436. The molecule has 0 bridgehead atoms. The highest BCUT2D eigenvalue weighted by molar-refractivity contribution is 7.94. The number of anilines is 2. The topological polar surface area (TPSA) is 113 Å². The number of hydrogen-bond donors (Lipinski definition) is 1. The fourth-order valence-electron chi connectivity index (χ4n) is 4.00. The minimum atomic E-state index is -4.25. The molecule has 0 saturated carbocycles. The zero-order valence-corrected chi connectivity index (χ0v) is 22.4. The van der Waals surface area contributed by atoms with Gasteiger partial charge in [-0.25, -0.2) is 21.2 Å². The van der Waals surface area contributed by atoms with E-state index in [1.165, 1.54) is 53.9 Å². The Kier molecular flexibility index (Phi) is 8.17. The van der Waals surface area contributed by atoms with Crippen LogP contribution >= 0.6 is 11.3 Å². The number of ether oxygens (including phenoxy) is 1. The number of hydrogen-bond acceptors (Lipinski definition) is 7. The Morgan fingerprint density at radius 2 is 1.78 bits per heavy atom. The number of amides is 1. The first-order valence-electron chi connectivity index (χ1n) is 11.4. The fourth-order valence-corrected chi connectivity index (χ4v) is 8.24. The van der Waals surface area contributed by atoms with Crippen molar-refractivity contribution in [3.63, 3.8) is 0 Å². The van der Waals surface area contributed by atoms with Gasteiger partial charge in [0.2, 0.25) is 15.9 Å². The van der Waals surface area contributed by atoms with Gasteiger partial charge in [0.1, 0.15) is 27.2 Å². The van der Waals surface area contributed by atoms with Crippen molar-refractivity contribution in [3.05, 3.63) is 65.8 Å². The molecule has 1 amide bonds. The summed E-state index contributed by atoms with van der Waals surface area (Å²) in [7, 11) is -6.78. The number of thiophene rings is 1. The van der Waals surface area contributed by atoms with Crippen LogP contribution in [0.1, 0.15) is 19.3 Å². The molecule has 1 aromatic heterocycles. The van der Waals surface area contributed by atoms with Gasteiger partial charge in [0.05, 0.1) is 12.8 Å². The van der Waals surface area contributed by atoms with E-state index in [2.05, 4.69) is 5.32 Å². The average molecular weight is 568 g/mol. The molecular weight excluding hydrogens is 541 g/mol. The molecule has 4 rings (SSSR count). The third kappa shape index (κ3) is 5.79. The zero-order chi connectivity index (χ0) is 26.6. The SMILES string of the molecule is COc1ccc(NC(=O)CN(c2ccccc2F)S(=O)(=O)c2cccs2)cc1S(=O)(=O)N1CCCCC1. The number of methoxy groups -OCH3 is 1. The molecule has 1 aliphatic heterocycles. The van der Waals surface area contributed by atoms with Crippen LogP contribution in [0.5, 0.6) is 5.75 Å². The predicted octanol–water partition coefficient (Wildman–Crippen LogP) is 3.90. The standard InChI is InChI=1S/C24H26FN3O6S3/c1-34-21-12-11-18(16-22(21)36(30,31)27-13-5-2-6-14-27)26-23(29)17-28(20-9-4-3-8-19(20)25)37(32,33)24-10-7-15-35-24/h3-4,7-12,15-16H,2,5-6,13-14,17H2,1H3,(H,26,29). The quantitative estimate of drug-likeness (QED) is 0.420. The maximum Gasteiger partial charge on any atom is 0.274 e. The van der Waals surface area contributed by atoms with E-state index < -0.39 is 38.3 Å². The first-order valence-corrected chi connectivity index (χ1v) is 15.2. The number of halogens is 1. The third-order valence-electron chi connectivity index (χ3n) is 5.83. The summed E-state index contributed by atoms with van der Waals surface area (Å²) in [6, 6.07) is 12.3. The Labute approximate surface area is 219 Å². The molecular formula is C24H26FN3O6S3. The normalized spacial score (nSPS) is 14.8. The minimum absolute atomic E-state index is 0.0529. The number of piperidine rings is 1. The molecule has 0 aliphatic carbocycles. The second-order valence-electron chi connectivity index (χ2n) is 8.27. The second kappa shape index (κ2) is 11.2. The lowest BCUT2D eigenvalue weighted by atomic mass is 10.2. The minimum Gasteiger partial charge on any atom is -0.495 e. The number of para-hydroxylation sites is 1. The highest BCUT2D eigenvalue weighted by Crippen LogP contribution is 2.32. The van der Waals surface area contributed by atoms with Crippen molar-refractivity contribution in [1.82, 2.24) is 4.31 Å². The van der Waals surface area contributed by atoms with Gasteiger partial charge in [0.15, 0.2) is 0 Å². The van der Waals surface area contributed by atoms with Crippen LogP contribution in [0.3, 0.4) is 0 Å². The largest absolute Gasteiger partial charge is 0.495 e. The molecule has 0 atom stereocenters. The van der Waals surface area contributed by atoms with Crippen LogP contribution in [0.4, 0.5) is 15.8 Å². The molecule has 198 valence electrons. The fraction of sp³-hybridized carbons (Fsp3) is 0.292. The molecule has 9 nitrogen and oxygen atoms in total. The Morgan fingerprint density at radius 3 is 2.43 bits per heavy atom. The highest BCUT2D eigenvalue weighted by atomic mass is 32.2. The lowest BCUT2D eigenvalue weighted by Gasteiger charge is -2.27. The van der Waals surface area contributed by atoms with Crippen LogP contribution in [0.2, 0.25) is 0 Å². The van der Waals surface area contributed by atoms with Crippen molar-refractivity contribution < 1.29 is 30.8 Å². The zero-order valence-electron chi connectivity index (χ0n) is 20.0. The van der Waals surface area contributed by atoms with Gasteiger partial charge in [-0.2, -0.15) is 4.31 Å². The lowest BCUT2D eigenvalue weighted by Crippen LogP contribution is -2.38. The van der Waals surface area contributed by atoms with Crippen molar-refractivity contribution >= 4 is 48.7 Å². The van der Waals surface area contributed by atoms with Crippen LogP contribution in [0, 0.1) is 5.82 Å². The number of rotatable bonds is 9. The van der Waals surface area contributed by atoms with Gasteiger partial charge in [-0.15, -0.1) is 11.3 Å². The highest BCUT2D eigenvalue weighted by Gasteiger charge is 2.31. The van der Waals surface area contributed by atoms with Crippen LogP contribution in [0.25, 0.3) is 0 Å². The molecule has 0 radical (unpaired) electrons. The maximum absolute atomic E-state index is 14.6. The molecule has 2 aromatic carbocycles. The van der Waals surface area contributed by atoms with Gasteiger partial charge in [0.25, 0.3) is 10.0 Å². The first-order chi connectivity index (χ1) is 17.6. The second-order valence-corrected chi connectivity index (χ2v) is 13.2. The summed E-state index contributed by atoms with van der Waals surface area (Å²) in [4.78, 5) is 12.9. The molecule has 1 aliphatic rings. The van der Waals surface area contributed by atoms with E-state index in [0.717, 1.165) is 36.7 Å². The van der Waals surface area contributed by atoms with E-state index in [4.69, 9.17) is 4.74 Å². The van der Waals surface area contributed by atoms with E-state index in [1.54, 1.807) is 11.4 Å². The number of benzene rings is 2. The molecule has 0 spiro atoms. The summed E-state index contributed by atoms with van der Waals surface area (Å²) in [5.74, 6) is -1.47. The van der Waals surface area contributed by atoms with Gasteiger partial charge in [-0.05, 0) is 54.6 Å². The van der Waals surface area contributed by atoms with Crippen molar-refractivity contribution in [2.24, 2.45) is 0 Å². The Hall–Kier alpha value is -3.00. The molecule has 1 fully saturated rings. The van der Waals surface area contributed by atoms with E-state index in [-0.39, 0.29) is 26.2 Å². The summed E-state index contributed by atoms with van der Waals surface area (Å²) in [5.41, 5.74) is -0.155. The number of nitrogens with one attached hydrogen (secondary N) is 1. The number of nitrogens with zero attached hydrogens (tertiary/aromatic N) is 2. The molecule has 37 heavy (non-hydrogen) atoms. The van der Waals surface area contributed by atoms with Gasteiger partial charge < -0.3 is 10.1 Å². The van der Waals surface area contributed by atoms with Gasteiger partial charge in [-0.3, -0.25) is 9.10 Å². The maximum atomic E-state index is 14.6. The summed E-state index contributed by atoms with van der Waals surface area (Å²) in [5, 5.41) is 4.11. The Bertz CT molecular complexity index is 1470. The third-order valence-corrected chi connectivity index (χ3v) is 10.9. The van der Waals surface area contributed by atoms with Crippen molar-refractivity contribution in [2.75, 3.05) is 36.4 Å². The van der Waals surface area contributed by atoms with Crippen molar-refractivity contribution in [1.29, 1.82) is 0 Å². The van der Waals surface area contributed by atoms with Gasteiger partial charge >= 0.3 is 0 Å². The van der Waals surface area contributed by atoms with Crippen LogP contribution in [-0.4, -0.2) is 53.8 Å². The molecule has 13 heteroatoms. The smallest absolute Gasteiger partial charge is 0.274 e. The monoisotopic (exact) mass is 567 g/mol. The molecule has 2 heterocycles. The van der Waals surface area contributed by atoms with Crippen LogP contribution in [-0.2, 0) is 24.8 Å². The number of carbonyl (C=O) groups excluding carboxylic acids is 1. The summed E-state index contributed by atoms with van der Waals surface area (Å²) in [6.07, 6.45) is 2.46. The summed E-state index contributed by atoms with van der Waals surface area (Å²) < 4.78 is 75.0. The molecule has 3 aromatic rings. The lowest BCUT2D eigenvalue weighted by molar-refractivity contribution is -0.114. The molecule has 0 unspecified atom stereocenters. The Morgan fingerprint density at radius 1 is 1.05 bits per heavy atom. The molecule has 1 N–H and O–H groups in total. The number of carbonyl (C=O) groups is 1. The number of sulfonamides is 2. The predicted molar refractivity (Wildman–Crippen MR) is 139 cm³/mol. The van der Waals surface area contributed by atoms with Gasteiger partial charge in [-0.1, -0.05) is 24.6 Å². The van der Waals surface area contributed by atoms with E-state index in [0.29, 0.717) is 17.4 Å². The Balaban J connectivity index is 1.63. The van der Waals surface area contributed by atoms with Crippen LogP contribution < -0.4 is 14.4 Å². The average Bonchev–Trinajstić information content (AvgIpc) is 3.44. The van der Waals surface area contributed by atoms with E-state index >= 15 is 0 Å². The molecule has 1 saturated heterocycles. The van der Waals surface area contributed by atoms with E-state index in [1.807, 2.05) is 0 Å². The van der Waals surface area contributed by atoms with Gasteiger partial charge in [0, 0.05) is 18.8 Å². The van der Waals surface area contributed by atoms with Crippen molar-refractivity contribution in [2.45, 2.75) is 28.4 Å². The van der Waals surface area contributed by atoms with Crippen LogP contribution in [0.15, 0.2) is 69.1 Å².